The number of hydrogen-bond acceptors (Lipinski definition) is 3. The van der Waals surface area contributed by atoms with Crippen molar-refractivity contribution >= 4 is 16.7 Å². The number of H-pyrrole nitrogens is 1. The Morgan fingerprint density at radius 2 is 1.90 bits per heavy atom. The quantitative estimate of drug-likeness (QED) is 0.663. The Kier molecular flexibility index (Phi) is 4.94. The molecule has 3 aromatic rings. The van der Waals surface area contributed by atoms with Crippen LogP contribution in [0.1, 0.15) is 40.5 Å². The number of aromatic nitrogens is 1. The van der Waals surface area contributed by atoms with Crippen molar-refractivity contribution in [2.45, 2.75) is 25.3 Å². The van der Waals surface area contributed by atoms with E-state index in [0.717, 1.165) is 45.6 Å². The molecule has 150 valence electrons. The van der Waals surface area contributed by atoms with E-state index in [9.17, 15) is 9.18 Å². The van der Waals surface area contributed by atoms with Crippen LogP contribution in [0.2, 0.25) is 0 Å². The van der Waals surface area contributed by atoms with Crippen LogP contribution in [0.5, 0.6) is 0 Å². The SMILES string of the molecule is O=C(CCCN1CCN2CCc3[nH]c4ccccc4c3C2C1)c1ccc(F)cc1. The fourth-order valence-corrected chi connectivity index (χ4v) is 4.92. The van der Waals surface area contributed by atoms with Crippen LogP contribution in [0.3, 0.4) is 0 Å². The van der Waals surface area contributed by atoms with Crippen molar-refractivity contribution in [3.8, 4) is 0 Å². The number of aromatic amines is 1. The molecule has 0 spiro atoms. The summed E-state index contributed by atoms with van der Waals surface area (Å²) in [5.74, 6) is -0.205. The molecule has 5 heteroatoms. The van der Waals surface area contributed by atoms with Crippen molar-refractivity contribution in [1.29, 1.82) is 0 Å². The van der Waals surface area contributed by atoms with Crippen LogP contribution in [0.25, 0.3) is 10.9 Å². The summed E-state index contributed by atoms with van der Waals surface area (Å²) in [6, 6.07) is 14.9. The monoisotopic (exact) mass is 391 g/mol. The minimum Gasteiger partial charge on any atom is -0.358 e. The van der Waals surface area contributed by atoms with Gasteiger partial charge in [-0.15, -0.1) is 0 Å². The van der Waals surface area contributed by atoms with E-state index >= 15 is 0 Å². The predicted molar refractivity (Wildman–Crippen MR) is 113 cm³/mol. The van der Waals surface area contributed by atoms with Crippen LogP contribution in [-0.4, -0.2) is 53.3 Å². The van der Waals surface area contributed by atoms with E-state index in [1.165, 1.54) is 34.3 Å². The van der Waals surface area contributed by atoms with Gasteiger partial charge in [-0.25, -0.2) is 4.39 Å². The average molecular weight is 391 g/mol. The third kappa shape index (κ3) is 3.61. The van der Waals surface area contributed by atoms with Crippen LogP contribution < -0.4 is 0 Å². The number of benzene rings is 2. The molecule has 5 rings (SSSR count). The summed E-state index contributed by atoms with van der Waals surface area (Å²) < 4.78 is 13.0. The Morgan fingerprint density at radius 1 is 1.07 bits per heavy atom. The second-order valence-corrected chi connectivity index (χ2v) is 8.20. The fraction of sp³-hybridized carbons (Fsp3) is 0.375. The zero-order valence-corrected chi connectivity index (χ0v) is 16.5. The molecule has 29 heavy (non-hydrogen) atoms. The first-order valence-electron chi connectivity index (χ1n) is 10.5. The van der Waals surface area contributed by atoms with Gasteiger partial charge in [0.15, 0.2) is 5.78 Å². The number of ketones is 1. The molecule has 2 aliphatic rings. The fourth-order valence-electron chi connectivity index (χ4n) is 4.92. The Morgan fingerprint density at radius 3 is 2.76 bits per heavy atom. The van der Waals surface area contributed by atoms with Gasteiger partial charge in [0.05, 0.1) is 0 Å². The Labute approximate surface area is 170 Å². The van der Waals surface area contributed by atoms with Crippen LogP contribution in [0.4, 0.5) is 4.39 Å². The smallest absolute Gasteiger partial charge is 0.162 e. The molecule has 0 bridgehead atoms. The number of rotatable bonds is 5. The minimum absolute atomic E-state index is 0.0974. The zero-order valence-electron chi connectivity index (χ0n) is 16.5. The molecule has 1 fully saturated rings. The Bertz CT molecular complexity index is 1030. The number of piperazine rings is 1. The van der Waals surface area contributed by atoms with Crippen molar-refractivity contribution < 1.29 is 9.18 Å². The van der Waals surface area contributed by atoms with E-state index in [1.54, 1.807) is 12.1 Å². The maximum absolute atomic E-state index is 13.0. The number of hydrogen-bond donors (Lipinski definition) is 1. The van der Waals surface area contributed by atoms with Gasteiger partial charge in [-0.1, -0.05) is 18.2 Å². The van der Waals surface area contributed by atoms with E-state index in [2.05, 4.69) is 39.0 Å². The molecular weight excluding hydrogens is 365 g/mol. The van der Waals surface area contributed by atoms with Crippen molar-refractivity contribution in [3.63, 3.8) is 0 Å². The lowest BCUT2D eigenvalue weighted by Gasteiger charge is -2.44. The standard InChI is InChI=1S/C24H26FN3O/c25-18-9-7-17(8-10-18)23(29)6-3-12-27-14-15-28-13-11-21-24(22(28)16-27)19-4-1-2-5-20(19)26-21/h1-2,4-5,7-10,22,26H,3,6,11-16H2. The molecule has 2 aromatic carbocycles. The summed E-state index contributed by atoms with van der Waals surface area (Å²) in [7, 11) is 0. The predicted octanol–water partition coefficient (Wildman–Crippen LogP) is 4.18. The van der Waals surface area contributed by atoms with Gasteiger partial charge in [0.25, 0.3) is 0 Å². The lowest BCUT2D eigenvalue weighted by atomic mass is 9.93. The van der Waals surface area contributed by atoms with Gasteiger partial charge in [0.1, 0.15) is 5.82 Å². The minimum atomic E-state index is -0.302. The largest absolute Gasteiger partial charge is 0.358 e. The number of nitrogens with zero attached hydrogens (tertiary/aromatic N) is 2. The molecule has 1 aromatic heterocycles. The number of halogens is 1. The molecule has 1 unspecified atom stereocenters. The number of fused-ring (bicyclic) bond motifs is 5. The molecular formula is C24H26FN3O. The summed E-state index contributed by atoms with van der Waals surface area (Å²) in [6.45, 7) is 5.18. The number of nitrogens with one attached hydrogen (secondary N) is 1. The lowest BCUT2D eigenvalue weighted by Crippen LogP contribution is -2.50. The van der Waals surface area contributed by atoms with Crippen molar-refractivity contribution in [3.05, 3.63) is 71.2 Å². The van der Waals surface area contributed by atoms with Gasteiger partial charge in [0, 0.05) is 67.2 Å². The summed E-state index contributed by atoms with van der Waals surface area (Å²) in [6.07, 6.45) is 2.44. The first-order valence-corrected chi connectivity index (χ1v) is 10.5. The van der Waals surface area contributed by atoms with Gasteiger partial charge < -0.3 is 9.88 Å². The van der Waals surface area contributed by atoms with E-state index in [-0.39, 0.29) is 11.6 Å². The summed E-state index contributed by atoms with van der Waals surface area (Å²) >= 11 is 0. The van der Waals surface area contributed by atoms with Gasteiger partial charge >= 0.3 is 0 Å². The van der Waals surface area contributed by atoms with Crippen molar-refractivity contribution in [2.75, 3.05) is 32.7 Å². The van der Waals surface area contributed by atoms with Gasteiger partial charge in [0.2, 0.25) is 0 Å². The first-order chi connectivity index (χ1) is 14.2. The third-order valence-corrected chi connectivity index (χ3v) is 6.43. The average Bonchev–Trinajstić information content (AvgIpc) is 3.13. The molecule has 3 heterocycles. The van der Waals surface area contributed by atoms with Crippen LogP contribution in [0, 0.1) is 5.82 Å². The molecule has 0 radical (unpaired) electrons. The van der Waals surface area contributed by atoms with Gasteiger partial charge in [-0.2, -0.15) is 0 Å². The summed E-state index contributed by atoms with van der Waals surface area (Å²) in [4.78, 5) is 21.1. The molecule has 1 saturated heterocycles. The Hall–Kier alpha value is -2.50. The highest BCUT2D eigenvalue weighted by Gasteiger charge is 2.34. The van der Waals surface area contributed by atoms with Crippen molar-refractivity contribution in [2.24, 2.45) is 0 Å². The van der Waals surface area contributed by atoms with Crippen LogP contribution >= 0.6 is 0 Å². The third-order valence-electron chi connectivity index (χ3n) is 6.43. The highest BCUT2D eigenvalue weighted by molar-refractivity contribution is 5.95. The molecule has 0 aliphatic carbocycles. The number of carbonyl (C=O) groups is 1. The van der Waals surface area contributed by atoms with E-state index < -0.39 is 0 Å². The first kappa shape index (κ1) is 18.5. The van der Waals surface area contributed by atoms with E-state index in [4.69, 9.17) is 0 Å². The highest BCUT2D eigenvalue weighted by atomic mass is 19.1. The maximum atomic E-state index is 13.0. The second-order valence-electron chi connectivity index (χ2n) is 8.20. The zero-order chi connectivity index (χ0) is 19.8. The maximum Gasteiger partial charge on any atom is 0.162 e. The number of Topliss-reactive ketones (excluding diaryl/α,β-unsaturated/α-hetero) is 1. The van der Waals surface area contributed by atoms with Gasteiger partial charge in [-0.05, 0) is 48.9 Å². The van der Waals surface area contributed by atoms with E-state index in [1.807, 2.05) is 0 Å². The summed E-state index contributed by atoms with van der Waals surface area (Å²) in [5.41, 5.74) is 4.70. The molecule has 0 amide bonds. The summed E-state index contributed by atoms with van der Waals surface area (Å²) in [5, 5.41) is 1.35. The molecule has 1 atom stereocenters. The van der Waals surface area contributed by atoms with Crippen LogP contribution in [-0.2, 0) is 6.42 Å². The number of para-hydroxylation sites is 1. The highest BCUT2D eigenvalue weighted by Crippen LogP contribution is 2.37. The normalized spacial score (nSPS) is 19.8. The van der Waals surface area contributed by atoms with Crippen LogP contribution in [0.15, 0.2) is 48.5 Å². The molecule has 2 aliphatic heterocycles. The second kappa shape index (κ2) is 7.73. The Balaban J connectivity index is 1.24. The molecule has 0 saturated carbocycles. The molecule has 4 nitrogen and oxygen atoms in total. The lowest BCUT2D eigenvalue weighted by molar-refractivity contribution is 0.0661. The van der Waals surface area contributed by atoms with E-state index in [0.29, 0.717) is 18.0 Å². The molecule has 1 N–H and O–H groups in total. The van der Waals surface area contributed by atoms with Crippen molar-refractivity contribution in [1.82, 2.24) is 14.8 Å². The van der Waals surface area contributed by atoms with Gasteiger partial charge in [-0.3, -0.25) is 9.69 Å². The number of carbonyl (C=O) groups excluding carboxylic acids is 1. The topological polar surface area (TPSA) is 39.3 Å².